The normalized spacial score (nSPS) is 13.4. The Bertz CT molecular complexity index is 1080. The van der Waals surface area contributed by atoms with Crippen molar-refractivity contribution in [3.8, 4) is 0 Å². The van der Waals surface area contributed by atoms with Gasteiger partial charge in [-0.05, 0) is 37.1 Å². The molecule has 0 unspecified atom stereocenters. The first-order chi connectivity index (χ1) is 15.5. The zero-order valence-corrected chi connectivity index (χ0v) is 19.6. The maximum Gasteiger partial charge on any atom is 0.273 e. The van der Waals surface area contributed by atoms with Crippen LogP contribution in [0.1, 0.15) is 35.5 Å². The van der Waals surface area contributed by atoms with Gasteiger partial charge in [-0.25, -0.2) is 4.98 Å². The summed E-state index contributed by atoms with van der Waals surface area (Å²) >= 11 is 13.6. The number of hydrogen-bond acceptors (Lipinski definition) is 6. The number of benzene rings is 1. The topological polar surface area (TPSA) is 78.7 Å². The lowest BCUT2D eigenvalue weighted by molar-refractivity contribution is -0.130. The molecule has 1 aliphatic heterocycles. The van der Waals surface area contributed by atoms with Gasteiger partial charge in [0, 0.05) is 31.4 Å². The number of carbonyl (C=O) groups excluding carboxylic acids is 2. The molecule has 0 bridgehead atoms. The van der Waals surface area contributed by atoms with E-state index in [-0.39, 0.29) is 37.0 Å². The fourth-order valence-electron chi connectivity index (χ4n) is 3.51. The van der Waals surface area contributed by atoms with Gasteiger partial charge in [0.15, 0.2) is 5.13 Å². The van der Waals surface area contributed by atoms with Gasteiger partial charge in [0.25, 0.3) is 5.91 Å². The van der Waals surface area contributed by atoms with Crippen LogP contribution in [0.25, 0.3) is 0 Å². The second kappa shape index (κ2) is 10.4. The fourth-order valence-corrected chi connectivity index (χ4v) is 4.55. The van der Waals surface area contributed by atoms with Crippen molar-refractivity contribution in [1.82, 2.24) is 14.8 Å². The summed E-state index contributed by atoms with van der Waals surface area (Å²) in [4.78, 5) is 33.6. The van der Waals surface area contributed by atoms with E-state index < -0.39 is 0 Å². The maximum absolute atomic E-state index is 13.2. The summed E-state index contributed by atoms with van der Waals surface area (Å²) in [6, 6.07) is 8.83. The molecule has 1 fully saturated rings. The summed E-state index contributed by atoms with van der Waals surface area (Å²) in [6.45, 7) is 2.13. The molecule has 2 amide bonds. The lowest BCUT2D eigenvalue weighted by atomic mass is 10.3. The van der Waals surface area contributed by atoms with Crippen molar-refractivity contribution in [1.29, 1.82) is 0 Å². The first-order valence-corrected chi connectivity index (χ1v) is 11.9. The Labute approximate surface area is 199 Å². The van der Waals surface area contributed by atoms with Crippen molar-refractivity contribution in [3.05, 3.63) is 63.5 Å². The van der Waals surface area contributed by atoms with Crippen LogP contribution in [-0.2, 0) is 11.3 Å². The SMILES string of the molecule is O=C(CCN(Cc1ccco1)C(=O)c1csc(Nc2cccc(Cl)c2Cl)n1)N1CCCC1. The highest BCUT2D eigenvalue weighted by Crippen LogP contribution is 2.32. The highest BCUT2D eigenvalue weighted by atomic mass is 35.5. The number of likely N-dealkylation sites (tertiary alicyclic amines) is 1. The number of halogens is 2. The van der Waals surface area contributed by atoms with Gasteiger partial charge in [-0.1, -0.05) is 29.3 Å². The van der Waals surface area contributed by atoms with Gasteiger partial charge >= 0.3 is 0 Å². The molecule has 168 valence electrons. The summed E-state index contributed by atoms with van der Waals surface area (Å²) in [5, 5.41) is 6.11. The summed E-state index contributed by atoms with van der Waals surface area (Å²) in [5.74, 6) is 0.444. The van der Waals surface area contributed by atoms with Crippen LogP contribution in [0.15, 0.2) is 46.4 Å². The second-order valence-corrected chi connectivity index (χ2v) is 9.05. The molecular weight excluding hydrogens is 471 g/mol. The Morgan fingerprint density at radius 1 is 1.19 bits per heavy atom. The number of thiazole rings is 1. The third-order valence-corrected chi connectivity index (χ3v) is 6.76. The van der Waals surface area contributed by atoms with Gasteiger partial charge in [-0.2, -0.15) is 0 Å². The molecule has 0 aliphatic carbocycles. The number of amides is 2. The van der Waals surface area contributed by atoms with E-state index >= 15 is 0 Å². The number of hydrogen-bond donors (Lipinski definition) is 1. The maximum atomic E-state index is 13.2. The van der Waals surface area contributed by atoms with Crippen LogP contribution in [0.3, 0.4) is 0 Å². The van der Waals surface area contributed by atoms with Crippen LogP contribution >= 0.6 is 34.5 Å². The van der Waals surface area contributed by atoms with Crippen LogP contribution < -0.4 is 5.32 Å². The predicted octanol–water partition coefficient (Wildman–Crippen LogP) is 5.44. The highest BCUT2D eigenvalue weighted by Gasteiger charge is 2.24. The van der Waals surface area contributed by atoms with E-state index in [9.17, 15) is 9.59 Å². The Morgan fingerprint density at radius 3 is 2.75 bits per heavy atom. The molecular formula is C22H22Cl2N4O3S. The Hall–Kier alpha value is -2.55. The van der Waals surface area contributed by atoms with Gasteiger partial charge < -0.3 is 19.5 Å². The van der Waals surface area contributed by atoms with Gasteiger partial charge in [-0.3, -0.25) is 9.59 Å². The third kappa shape index (κ3) is 5.43. The molecule has 1 aliphatic rings. The molecule has 1 N–H and O–H groups in total. The number of carbonyl (C=O) groups is 2. The average molecular weight is 493 g/mol. The van der Waals surface area contributed by atoms with E-state index in [1.807, 2.05) is 4.90 Å². The van der Waals surface area contributed by atoms with Gasteiger partial charge in [0.2, 0.25) is 5.91 Å². The second-order valence-electron chi connectivity index (χ2n) is 7.41. The number of anilines is 2. The van der Waals surface area contributed by atoms with E-state index in [4.69, 9.17) is 27.6 Å². The third-order valence-electron chi connectivity index (χ3n) is 5.18. The van der Waals surface area contributed by atoms with Crippen molar-refractivity contribution in [3.63, 3.8) is 0 Å². The van der Waals surface area contributed by atoms with E-state index in [0.717, 1.165) is 25.9 Å². The molecule has 1 aromatic carbocycles. The molecule has 3 aromatic rings. The summed E-state index contributed by atoms with van der Waals surface area (Å²) in [7, 11) is 0. The quantitative estimate of drug-likeness (QED) is 0.452. The molecule has 32 heavy (non-hydrogen) atoms. The molecule has 0 radical (unpaired) electrons. The Balaban J connectivity index is 1.46. The molecule has 1 saturated heterocycles. The zero-order chi connectivity index (χ0) is 22.5. The average Bonchev–Trinajstić information content (AvgIpc) is 3.56. The van der Waals surface area contributed by atoms with Crippen LogP contribution in [0, 0.1) is 0 Å². The number of nitrogens with one attached hydrogen (secondary N) is 1. The molecule has 0 spiro atoms. The number of nitrogens with zero attached hydrogens (tertiary/aromatic N) is 3. The summed E-state index contributed by atoms with van der Waals surface area (Å²) in [5.41, 5.74) is 0.895. The van der Waals surface area contributed by atoms with Crippen molar-refractivity contribution in [2.45, 2.75) is 25.8 Å². The van der Waals surface area contributed by atoms with Crippen LogP contribution in [0.2, 0.25) is 10.0 Å². The van der Waals surface area contributed by atoms with Crippen LogP contribution in [0.4, 0.5) is 10.8 Å². The monoisotopic (exact) mass is 492 g/mol. The first kappa shape index (κ1) is 22.6. The van der Waals surface area contributed by atoms with Gasteiger partial charge in [0.1, 0.15) is 11.5 Å². The molecule has 7 nitrogen and oxygen atoms in total. The molecule has 4 rings (SSSR count). The highest BCUT2D eigenvalue weighted by molar-refractivity contribution is 7.14. The molecule has 10 heteroatoms. The van der Waals surface area contributed by atoms with E-state index in [0.29, 0.717) is 26.6 Å². The van der Waals surface area contributed by atoms with Crippen LogP contribution in [0.5, 0.6) is 0 Å². The molecule has 3 heterocycles. The molecule has 0 atom stereocenters. The standard InChI is InChI=1S/C22H22Cl2N4O3S/c23-16-6-3-7-17(20(16)24)25-22-26-18(14-32-22)21(30)28(13-15-5-4-12-31-15)11-8-19(29)27-9-1-2-10-27/h3-7,12,14H,1-2,8-11,13H2,(H,25,26). The minimum atomic E-state index is -0.267. The smallest absolute Gasteiger partial charge is 0.273 e. The fraction of sp³-hybridized carbons (Fsp3) is 0.318. The van der Waals surface area contributed by atoms with Crippen molar-refractivity contribution in [2.75, 3.05) is 25.0 Å². The van der Waals surface area contributed by atoms with Crippen LogP contribution in [-0.4, -0.2) is 46.2 Å². The summed E-state index contributed by atoms with van der Waals surface area (Å²) < 4.78 is 5.42. The molecule has 2 aromatic heterocycles. The van der Waals surface area contributed by atoms with Gasteiger partial charge in [-0.15, -0.1) is 11.3 Å². The lowest BCUT2D eigenvalue weighted by Gasteiger charge is -2.22. The lowest BCUT2D eigenvalue weighted by Crippen LogP contribution is -2.36. The van der Waals surface area contributed by atoms with E-state index in [2.05, 4.69) is 10.3 Å². The largest absolute Gasteiger partial charge is 0.467 e. The zero-order valence-electron chi connectivity index (χ0n) is 17.2. The Morgan fingerprint density at radius 2 is 2.00 bits per heavy atom. The van der Waals surface area contributed by atoms with Gasteiger partial charge in [0.05, 0.1) is 28.5 Å². The minimum Gasteiger partial charge on any atom is -0.467 e. The van der Waals surface area contributed by atoms with E-state index in [1.54, 1.807) is 46.9 Å². The summed E-state index contributed by atoms with van der Waals surface area (Å²) in [6.07, 6.45) is 3.89. The number of aromatic nitrogens is 1. The predicted molar refractivity (Wildman–Crippen MR) is 126 cm³/mol. The van der Waals surface area contributed by atoms with Crippen molar-refractivity contribution < 1.29 is 14.0 Å². The Kier molecular flexibility index (Phi) is 7.34. The van der Waals surface area contributed by atoms with Crippen molar-refractivity contribution in [2.24, 2.45) is 0 Å². The molecule has 0 saturated carbocycles. The number of rotatable bonds is 8. The minimum absolute atomic E-state index is 0.0657. The first-order valence-electron chi connectivity index (χ1n) is 10.3. The van der Waals surface area contributed by atoms with Crippen molar-refractivity contribution >= 4 is 57.2 Å². The number of furan rings is 1. The van der Waals surface area contributed by atoms with E-state index in [1.165, 1.54) is 11.3 Å².